The Bertz CT molecular complexity index is 996. The van der Waals surface area contributed by atoms with E-state index in [1.165, 1.54) is 0 Å². The molecule has 2 heterocycles. The standard InChI is InChI=1S/C27H32N2O4/c1-32-22-11-12-23(25(19-22)33-2)24-9-6-16-29(24)27(31)21-14-17-28(18-15-21)26(30)13-10-20-7-4-3-5-8-20/h3-5,7-8,10-13,19,21,24H,6,9,14-18H2,1-2H3/b13-10+/t24-/m1/s1. The summed E-state index contributed by atoms with van der Waals surface area (Å²) in [6.07, 6.45) is 6.78. The second-order valence-corrected chi connectivity index (χ2v) is 8.64. The first kappa shape index (κ1) is 22.9. The molecule has 0 spiro atoms. The van der Waals surface area contributed by atoms with Crippen LogP contribution in [0.1, 0.15) is 42.9 Å². The Morgan fingerprint density at radius 3 is 2.39 bits per heavy atom. The lowest BCUT2D eigenvalue weighted by Crippen LogP contribution is -2.43. The van der Waals surface area contributed by atoms with E-state index in [1.54, 1.807) is 20.3 Å². The van der Waals surface area contributed by atoms with Gasteiger partial charge >= 0.3 is 0 Å². The highest BCUT2D eigenvalue weighted by atomic mass is 16.5. The maximum Gasteiger partial charge on any atom is 0.246 e. The van der Waals surface area contributed by atoms with Crippen molar-refractivity contribution in [1.82, 2.24) is 9.80 Å². The van der Waals surface area contributed by atoms with E-state index in [9.17, 15) is 9.59 Å². The second-order valence-electron chi connectivity index (χ2n) is 8.64. The monoisotopic (exact) mass is 448 g/mol. The zero-order valence-corrected chi connectivity index (χ0v) is 19.4. The molecule has 0 aromatic heterocycles. The molecule has 2 aliphatic rings. The number of likely N-dealkylation sites (tertiary alicyclic amines) is 2. The minimum absolute atomic E-state index is 0.00627. The Kier molecular flexibility index (Phi) is 7.33. The topological polar surface area (TPSA) is 59.1 Å². The molecule has 0 aliphatic carbocycles. The van der Waals surface area contributed by atoms with Crippen LogP contribution in [0.2, 0.25) is 0 Å². The highest BCUT2D eigenvalue weighted by molar-refractivity contribution is 5.92. The molecule has 174 valence electrons. The molecule has 2 fully saturated rings. The van der Waals surface area contributed by atoms with Crippen LogP contribution in [-0.4, -0.2) is 55.5 Å². The first-order valence-corrected chi connectivity index (χ1v) is 11.6. The van der Waals surface area contributed by atoms with Crippen molar-refractivity contribution in [3.05, 3.63) is 65.7 Å². The van der Waals surface area contributed by atoms with Gasteiger partial charge in [-0.05, 0) is 49.5 Å². The molecular formula is C27H32N2O4. The molecule has 4 rings (SSSR count). The SMILES string of the molecule is COc1ccc([C@H]2CCCN2C(=O)C2CCN(C(=O)/C=C/c3ccccc3)CC2)c(OC)c1. The quantitative estimate of drug-likeness (QED) is 0.618. The van der Waals surface area contributed by atoms with Crippen LogP contribution in [0.15, 0.2) is 54.6 Å². The van der Waals surface area contributed by atoms with E-state index in [2.05, 4.69) is 0 Å². The van der Waals surface area contributed by atoms with Gasteiger partial charge in [0.1, 0.15) is 11.5 Å². The van der Waals surface area contributed by atoms with Gasteiger partial charge in [-0.1, -0.05) is 30.3 Å². The van der Waals surface area contributed by atoms with Crippen LogP contribution in [0.5, 0.6) is 11.5 Å². The van der Waals surface area contributed by atoms with E-state index in [4.69, 9.17) is 9.47 Å². The molecule has 6 nitrogen and oxygen atoms in total. The number of methoxy groups -OCH3 is 2. The fraction of sp³-hybridized carbons (Fsp3) is 0.407. The summed E-state index contributed by atoms with van der Waals surface area (Å²) in [7, 11) is 3.28. The van der Waals surface area contributed by atoms with Gasteiger partial charge in [-0.2, -0.15) is 0 Å². The van der Waals surface area contributed by atoms with Crippen molar-refractivity contribution in [2.75, 3.05) is 33.9 Å². The van der Waals surface area contributed by atoms with E-state index in [0.717, 1.165) is 42.0 Å². The maximum absolute atomic E-state index is 13.4. The van der Waals surface area contributed by atoms with Crippen molar-refractivity contribution in [2.24, 2.45) is 5.92 Å². The van der Waals surface area contributed by atoms with E-state index >= 15 is 0 Å². The van der Waals surface area contributed by atoms with Gasteiger partial charge in [0.15, 0.2) is 0 Å². The van der Waals surface area contributed by atoms with Crippen molar-refractivity contribution in [3.8, 4) is 11.5 Å². The van der Waals surface area contributed by atoms with Crippen LogP contribution < -0.4 is 9.47 Å². The summed E-state index contributed by atoms with van der Waals surface area (Å²) in [4.78, 5) is 29.9. The number of hydrogen-bond acceptors (Lipinski definition) is 4. The van der Waals surface area contributed by atoms with Crippen LogP contribution in [0, 0.1) is 5.92 Å². The fourth-order valence-corrected chi connectivity index (χ4v) is 4.87. The summed E-state index contributed by atoms with van der Waals surface area (Å²) in [6.45, 7) is 1.98. The molecule has 1 atom stereocenters. The summed E-state index contributed by atoms with van der Waals surface area (Å²) in [5, 5.41) is 0. The van der Waals surface area contributed by atoms with Gasteiger partial charge in [-0.25, -0.2) is 0 Å². The van der Waals surface area contributed by atoms with Crippen LogP contribution in [-0.2, 0) is 9.59 Å². The molecule has 0 unspecified atom stereocenters. The van der Waals surface area contributed by atoms with Crippen molar-refractivity contribution in [1.29, 1.82) is 0 Å². The Morgan fingerprint density at radius 2 is 1.70 bits per heavy atom. The fourth-order valence-electron chi connectivity index (χ4n) is 4.87. The third-order valence-electron chi connectivity index (χ3n) is 6.71. The van der Waals surface area contributed by atoms with Gasteiger partial charge in [0.2, 0.25) is 11.8 Å². The van der Waals surface area contributed by atoms with E-state index in [1.807, 2.05) is 64.4 Å². The number of amides is 2. The summed E-state index contributed by atoms with van der Waals surface area (Å²) in [6, 6.07) is 15.6. The molecule has 2 amide bonds. The summed E-state index contributed by atoms with van der Waals surface area (Å²) < 4.78 is 10.9. The molecule has 0 saturated carbocycles. The molecular weight excluding hydrogens is 416 g/mol. The number of rotatable bonds is 6. The van der Waals surface area contributed by atoms with Crippen molar-refractivity contribution in [3.63, 3.8) is 0 Å². The highest BCUT2D eigenvalue weighted by Crippen LogP contribution is 2.40. The summed E-state index contributed by atoms with van der Waals surface area (Å²) in [5.74, 6) is 1.65. The Labute approximate surface area is 195 Å². The molecule has 2 aliphatic heterocycles. The second kappa shape index (κ2) is 10.6. The van der Waals surface area contributed by atoms with Crippen LogP contribution in [0.3, 0.4) is 0 Å². The zero-order valence-electron chi connectivity index (χ0n) is 19.4. The lowest BCUT2D eigenvalue weighted by atomic mass is 9.94. The lowest BCUT2D eigenvalue weighted by molar-refractivity contribution is -0.140. The minimum Gasteiger partial charge on any atom is -0.497 e. The van der Waals surface area contributed by atoms with Gasteiger partial charge < -0.3 is 19.3 Å². The van der Waals surface area contributed by atoms with Crippen molar-refractivity contribution >= 4 is 17.9 Å². The number of carbonyl (C=O) groups excluding carboxylic acids is 2. The lowest BCUT2D eigenvalue weighted by Gasteiger charge is -2.35. The molecule has 0 N–H and O–H groups in total. The largest absolute Gasteiger partial charge is 0.497 e. The number of hydrogen-bond donors (Lipinski definition) is 0. The van der Waals surface area contributed by atoms with Gasteiger partial charge in [-0.3, -0.25) is 9.59 Å². The molecule has 2 aromatic rings. The van der Waals surface area contributed by atoms with Gasteiger partial charge in [0.05, 0.1) is 20.3 Å². The van der Waals surface area contributed by atoms with Crippen molar-refractivity contribution < 1.29 is 19.1 Å². The van der Waals surface area contributed by atoms with Crippen LogP contribution in [0.25, 0.3) is 6.08 Å². The van der Waals surface area contributed by atoms with E-state index < -0.39 is 0 Å². The molecule has 2 aromatic carbocycles. The number of benzene rings is 2. The van der Waals surface area contributed by atoms with Gasteiger partial charge in [0, 0.05) is 43.3 Å². The van der Waals surface area contributed by atoms with Crippen LogP contribution in [0.4, 0.5) is 0 Å². The first-order chi connectivity index (χ1) is 16.1. The summed E-state index contributed by atoms with van der Waals surface area (Å²) >= 11 is 0. The molecule has 2 saturated heterocycles. The first-order valence-electron chi connectivity index (χ1n) is 11.6. The Hall–Kier alpha value is -3.28. The normalized spacial score (nSPS) is 19.2. The third-order valence-corrected chi connectivity index (χ3v) is 6.71. The number of carbonyl (C=O) groups is 2. The number of piperidine rings is 1. The van der Waals surface area contributed by atoms with Crippen LogP contribution >= 0.6 is 0 Å². The highest BCUT2D eigenvalue weighted by Gasteiger charge is 2.37. The zero-order chi connectivity index (χ0) is 23.2. The summed E-state index contributed by atoms with van der Waals surface area (Å²) in [5.41, 5.74) is 2.03. The average Bonchev–Trinajstić information content (AvgIpc) is 3.36. The predicted octanol–water partition coefficient (Wildman–Crippen LogP) is 4.32. The predicted molar refractivity (Wildman–Crippen MR) is 128 cm³/mol. The number of nitrogens with zero attached hydrogens (tertiary/aromatic N) is 2. The maximum atomic E-state index is 13.4. The smallest absolute Gasteiger partial charge is 0.246 e. The average molecular weight is 449 g/mol. The molecule has 0 bridgehead atoms. The Morgan fingerprint density at radius 1 is 0.939 bits per heavy atom. The molecule has 0 radical (unpaired) electrons. The third kappa shape index (κ3) is 5.21. The molecule has 6 heteroatoms. The van der Waals surface area contributed by atoms with Gasteiger partial charge in [-0.15, -0.1) is 0 Å². The van der Waals surface area contributed by atoms with Gasteiger partial charge in [0.25, 0.3) is 0 Å². The van der Waals surface area contributed by atoms with Crippen molar-refractivity contribution in [2.45, 2.75) is 31.7 Å². The number of ether oxygens (including phenoxy) is 2. The van der Waals surface area contributed by atoms with E-state index in [-0.39, 0.29) is 23.8 Å². The van der Waals surface area contributed by atoms with E-state index in [0.29, 0.717) is 25.9 Å². The minimum atomic E-state index is -0.0444. The molecule has 33 heavy (non-hydrogen) atoms. The Balaban J connectivity index is 1.37.